The summed E-state index contributed by atoms with van der Waals surface area (Å²) in [5, 5.41) is 0. The van der Waals surface area contributed by atoms with Gasteiger partial charge in [0.05, 0.1) is 35.5 Å². The van der Waals surface area contributed by atoms with Gasteiger partial charge >= 0.3 is 0 Å². The van der Waals surface area contributed by atoms with Crippen molar-refractivity contribution in [1.82, 2.24) is 0 Å². The molecule has 0 aliphatic carbocycles. The number of methoxy groups -OCH3 is 6. The van der Waals surface area contributed by atoms with Crippen LogP contribution < -0.4 is 23.7 Å². The predicted octanol–water partition coefficient (Wildman–Crippen LogP) is 14.3. The molecule has 0 spiro atoms. The molecule has 67 heavy (non-hydrogen) atoms. The SMILES string of the molecule is C.C.CC(=O)c1ccc(C(C)=O)cc1.CCC.COC.COc1cc[c-]cc1.COc1cc[c-]cc1.COc1ccc(-c2ccc(OC)cc2)cc1.COc1ccc(C(C)=O)cc1.CSC.[Y]. The van der Waals surface area contributed by atoms with Gasteiger partial charge in [-0.3, -0.25) is 14.4 Å². The first-order valence-electron chi connectivity index (χ1n) is 20.1. The van der Waals surface area contributed by atoms with Gasteiger partial charge in [0.2, 0.25) is 0 Å². The Morgan fingerprint density at radius 2 is 0.567 bits per heavy atom. The Morgan fingerprint density at radius 3 is 0.731 bits per heavy atom. The standard InChI is InChI=1S/C14H14O2.C10H10O2.C9H10O2.2C7H7O.C3H8.C2H6O.C2H6S.2CH4.Y/c1-15-13-7-3-11(4-8-13)12-5-9-14(16-2)10-6-12;1-7(11)9-3-5-10(6-4-9)8(2)12;1-7(10)8-3-5-9(11-2)6-4-8;2*1-8-7-5-3-2-4-6-7;3*1-3-2;;;/h3-10H,1-2H3;3-6H,1-2H3;3-6H,1-2H3;2*3-6H,1H3;3H2,1-2H3;2*1-2H3;2*1H4;/q;;;2*-1;;;;;;. The Labute approximate surface area is 434 Å². The third-order valence-corrected chi connectivity index (χ3v) is 7.55. The third-order valence-electron chi connectivity index (χ3n) is 7.55. The van der Waals surface area contributed by atoms with E-state index in [1.165, 1.54) is 31.4 Å². The zero-order valence-corrected chi connectivity index (χ0v) is 44.4. The smallest absolute Gasteiger partial charge is 0.159 e. The minimum atomic E-state index is 0. The van der Waals surface area contributed by atoms with Gasteiger partial charge in [0, 0.05) is 75.1 Å². The third kappa shape index (κ3) is 35.6. The van der Waals surface area contributed by atoms with Crippen LogP contribution in [0.4, 0.5) is 0 Å². The molecule has 0 unspecified atom stereocenters. The number of carbonyl (C=O) groups excluding carboxylic acids is 3. The molecule has 0 bridgehead atoms. The van der Waals surface area contributed by atoms with Crippen molar-refractivity contribution in [2.24, 2.45) is 0 Å². The molecular formula is C56H76O9SY-2. The molecule has 1 radical (unpaired) electrons. The summed E-state index contributed by atoms with van der Waals surface area (Å²) >= 11 is 1.75. The van der Waals surface area contributed by atoms with Crippen molar-refractivity contribution in [3.63, 3.8) is 0 Å². The number of ether oxygens (including phenoxy) is 6. The first-order valence-corrected chi connectivity index (χ1v) is 21.8. The molecule has 365 valence electrons. The molecule has 0 amide bonds. The van der Waals surface area contributed by atoms with Crippen LogP contribution in [0.3, 0.4) is 0 Å². The maximum Gasteiger partial charge on any atom is 0.159 e. The van der Waals surface area contributed by atoms with E-state index in [1.807, 2.05) is 110 Å². The minimum Gasteiger partial charge on any atom is -0.522 e. The molecule has 0 aliphatic rings. The normalized spacial score (nSPS) is 8.45. The van der Waals surface area contributed by atoms with E-state index in [1.54, 1.807) is 117 Å². The van der Waals surface area contributed by atoms with Gasteiger partial charge in [-0.25, -0.2) is 0 Å². The molecule has 0 aromatic heterocycles. The van der Waals surface area contributed by atoms with Gasteiger partial charge in [-0.1, -0.05) is 83.7 Å². The van der Waals surface area contributed by atoms with E-state index in [4.69, 9.17) is 23.7 Å². The molecule has 0 fully saturated rings. The average Bonchev–Trinajstić information content (AvgIpc) is 3.33. The second-order valence-electron chi connectivity index (χ2n) is 12.8. The van der Waals surface area contributed by atoms with Crippen LogP contribution in [-0.4, -0.2) is 79.6 Å². The van der Waals surface area contributed by atoms with Crippen molar-refractivity contribution >= 4 is 29.1 Å². The van der Waals surface area contributed by atoms with Gasteiger partial charge in [-0.15, -0.1) is 24.3 Å². The molecule has 0 aliphatic heterocycles. The quantitative estimate of drug-likeness (QED) is 0.103. The molecule has 0 saturated carbocycles. The van der Waals surface area contributed by atoms with Crippen LogP contribution in [0.2, 0.25) is 0 Å². The number of carbonyl (C=O) groups is 3. The van der Waals surface area contributed by atoms with E-state index in [0.29, 0.717) is 16.7 Å². The first-order chi connectivity index (χ1) is 30.8. The molecule has 6 rings (SSSR count). The summed E-state index contributed by atoms with van der Waals surface area (Å²) in [6, 6.07) is 50.2. The fourth-order valence-corrected chi connectivity index (χ4v) is 4.35. The number of thioether (sulfide) groups is 1. The Bertz CT molecular complexity index is 1900. The number of hydrogen-bond donors (Lipinski definition) is 0. The molecular weight excluding hydrogens is 938 g/mol. The second-order valence-corrected chi connectivity index (χ2v) is 13.7. The first kappa shape index (κ1) is 70.8. The molecule has 0 N–H and O–H groups in total. The molecule has 6 aromatic rings. The topological polar surface area (TPSA) is 107 Å². The molecule has 11 heteroatoms. The maximum atomic E-state index is 10.8. The van der Waals surface area contributed by atoms with Crippen LogP contribution in [0.15, 0.2) is 146 Å². The zero-order valence-electron chi connectivity index (χ0n) is 40.7. The van der Waals surface area contributed by atoms with Gasteiger partial charge in [0.15, 0.2) is 17.3 Å². The van der Waals surface area contributed by atoms with E-state index >= 15 is 0 Å². The number of ketones is 3. The van der Waals surface area contributed by atoms with Crippen LogP contribution >= 0.6 is 11.8 Å². The number of benzene rings is 6. The van der Waals surface area contributed by atoms with E-state index < -0.39 is 0 Å². The van der Waals surface area contributed by atoms with Crippen molar-refractivity contribution < 1.29 is 75.5 Å². The van der Waals surface area contributed by atoms with E-state index in [9.17, 15) is 14.4 Å². The molecule has 0 heterocycles. The monoisotopic (exact) mass is 1010 g/mol. The summed E-state index contributed by atoms with van der Waals surface area (Å²) in [5.41, 5.74) is 4.33. The average molecular weight is 1010 g/mol. The summed E-state index contributed by atoms with van der Waals surface area (Å²) in [6.45, 7) is 8.80. The second kappa shape index (κ2) is 47.2. The van der Waals surface area contributed by atoms with Crippen LogP contribution in [0.5, 0.6) is 28.7 Å². The van der Waals surface area contributed by atoms with Crippen molar-refractivity contribution in [3.05, 3.63) is 174 Å². The Morgan fingerprint density at radius 1 is 0.403 bits per heavy atom. The van der Waals surface area contributed by atoms with E-state index in [0.717, 1.165) is 28.7 Å². The maximum absolute atomic E-state index is 10.8. The number of hydrogen-bond acceptors (Lipinski definition) is 10. The number of rotatable bonds is 9. The molecule has 9 nitrogen and oxygen atoms in total. The van der Waals surface area contributed by atoms with Crippen LogP contribution in [0.25, 0.3) is 11.1 Å². The Hall–Kier alpha value is -5.26. The van der Waals surface area contributed by atoms with Crippen LogP contribution in [0, 0.1) is 12.1 Å². The van der Waals surface area contributed by atoms with Gasteiger partial charge < -0.3 is 28.4 Å². The van der Waals surface area contributed by atoms with Gasteiger partial charge in [0.1, 0.15) is 17.2 Å². The van der Waals surface area contributed by atoms with Crippen molar-refractivity contribution in [1.29, 1.82) is 0 Å². The summed E-state index contributed by atoms with van der Waals surface area (Å²) in [6.07, 6.45) is 5.33. The van der Waals surface area contributed by atoms with E-state index in [2.05, 4.69) is 30.7 Å². The van der Waals surface area contributed by atoms with Crippen molar-refractivity contribution in [2.45, 2.75) is 55.9 Å². The molecule has 0 atom stereocenters. The van der Waals surface area contributed by atoms with E-state index in [-0.39, 0.29) is 64.9 Å². The Balaban J connectivity index is -0.000000230. The fraction of sp³-hybridized carbons (Fsp3) is 0.304. The largest absolute Gasteiger partial charge is 0.522 e. The van der Waals surface area contributed by atoms with Gasteiger partial charge in [-0.2, -0.15) is 48.2 Å². The van der Waals surface area contributed by atoms with Crippen molar-refractivity contribution in [3.8, 4) is 39.9 Å². The molecule has 0 saturated heterocycles. The summed E-state index contributed by atoms with van der Waals surface area (Å²) in [7, 11) is 11.5. The minimum absolute atomic E-state index is 0. The zero-order chi connectivity index (χ0) is 48.5. The van der Waals surface area contributed by atoms with Crippen molar-refractivity contribution in [2.75, 3.05) is 62.3 Å². The summed E-state index contributed by atoms with van der Waals surface area (Å²) < 4.78 is 29.2. The molecule has 6 aromatic carbocycles. The van der Waals surface area contributed by atoms with Crippen LogP contribution in [0.1, 0.15) is 87.0 Å². The predicted molar refractivity (Wildman–Crippen MR) is 280 cm³/mol. The van der Waals surface area contributed by atoms with Gasteiger partial charge in [-0.05, 0) is 92.9 Å². The summed E-state index contributed by atoms with van der Waals surface area (Å²) in [4.78, 5) is 32.5. The van der Waals surface area contributed by atoms with Crippen LogP contribution in [-0.2, 0) is 37.4 Å². The summed E-state index contributed by atoms with van der Waals surface area (Å²) in [5.74, 6) is 4.39. The number of Topliss-reactive ketones (excluding diaryl/α,β-unsaturated/α-hetero) is 3. The Kier molecular flexibility index (Phi) is 49.9. The fourth-order valence-electron chi connectivity index (χ4n) is 4.35. The van der Waals surface area contributed by atoms with Gasteiger partial charge in [0.25, 0.3) is 0 Å².